The number of hydrogen-bond acceptors (Lipinski definition) is 3. The van der Waals surface area contributed by atoms with Crippen LogP contribution in [0.25, 0.3) is 0 Å². The lowest BCUT2D eigenvalue weighted by Gasteiger charge is -2.28. The molecule has 0 saturated carbocycles. The zero-order valence-corrected chi connectivity index (χ0v) is 14.4. The standard InChI is InChI=1S/C18H29N3O/c1-14(2)13-21(12-11-20(3)4)18(22)16-7-5-9-17-15(16)8-6-10-19-17/h5,7,9,14,19H,6,8,10-13H2,1-4H3. The number of hydrogen-bond donors (Lipinski definition) is 1. The Morgan fingerprint density at radius 1 is 1.27 bits per heavy atom. The largest absolute Gasteiger partial charge is 0.385 e. The molecule has 1 aromatic rings. The van der Waals surface area contributed by atoms with Crippen molar-refractivity contribution in [2.24, 2.45) is 5.92 Å². The summed E-state index contributed by atoms with van der Waals surface area (Å²) in [5, 5.41) is 3.41. The molecule has 0 unspecified atom stereocenters. The van der Waals surface area contributed by atoms with Crippen molar-refractivity contribution in [2.75, 3.05) is 45.6 Å². The van der Waals surface area contributed by atoms with E-state index in [1.54, 1.807) is 0 Å². The lowest BCUT2D eigenvalue weighted by Crippen LogP contribution is -2.39. The van der Waals surface area contributed by atoms with Crippen molar-refractivity contribution in [1.29, 1.82) is 0 Å². The van der Waals surface area contributed by atoms with Crippen molar-refractivity contribution >= 4 is 11.6 Å². The highest BCUT2D eigenvalue weighted by Crippen LogP contribution is 2.26. The van der Waals surface area contributed by atoms with Gasteiger partial charge in [0.2, 0.25) is 0 Å². The van der Waals surface area contributed by atoms with Gasteiger partial charge in [-0.25, -0.2) is 0 Å². The van der Waals surface area contributed by atoms with Crippen LogP contribution in [0.5, 0.6) is 0 Å². The second kappa shape index (κ2) is 7.63. The van der Waals surface area contributed by atoms with Crippen LogP contribution in [0, 0.1) is 5.92 Å². The van der Waals surface area contributed by atoms with Gasteiger partial charge in [0.15, 0.2) is 0 Å². The number of nitrogens with zero attached hydrogens (tertiary/aromatic N) is 2. The Balaban J connectivity index is 2.22. The second-order valence-electron chi connectivity index (χ2n) is 6.81. The molecule has 0 fully saturated rings. The summed E-state index contributed by atoms with van der Waals surface area (Å²) in [6.45, 7) is 7.81. The summed E-state index contributed by atoms with van der Waals surface area (Å²) in [6.07, 6.45) is 2.09. The van der Waals surface area contributed by atoms with E-state index in [1.807, 2.05) is 31.1 Å². The summed E-state index contributed by atoms with van der Waals surface area (Å²) in [5.41, 5.74) is 3.20. The van der Waals surface area contributed by atoms with E-state index in [0.29, 0.717) is 5.92 Å². The van der Waals surface area contributed by atoms with Gasteiger partial charge in [0.25, 0.3) is 5.91 Å². The van der Waals surface area contributed by atoms with Gasteiger partial charge in [0, 0.05) is 37.4 Å². The highest BCUT2D eigenvalue weighted by Gasteiger charge is 2.22. The highest BCUT2D eigenvalue weighted by atomic mass is 16.2. The van der Waals surface area contributed by atoms with E-state index in [2.05, 4.69) is 30.1 Å². The predicted octanol–water partition coefficient (Wildman–Crippen LogP) is 2.70. The average Bonchev–Trinajstić information content (AvgIpc) is 2.49. The fourth-order valence-electron chi connectivity index (χ4n) is 2.92. The molecule has 1 aliphatic rings. The Morgan fingerprint density at radius 2 is 2.05 bits per heavy atom. The van der Waals surface area contributed by atoms with Gasteiger partial charge in [-0.1, -0.05) is 19.9 Å². The molecule has 1 heterocycles. The van der Waals surface area contributed by atoms with Gasteiger partial charge in [0.05, 0.1) is 0 Å². The van der Waals surface area contributed by atoms with Crippen LogP contribution < -0.4 is 5.32 Å². The van der Waals surface area contributed by atoms with E-state index in [0.717, 1.165) is 50.3 Å². The van der Waals surface area contributed by atoms with Crippen LogP contribution in [0.2, 0.25) is 0 Å². The quantitative estimate of drug-likeness (QED) is 0.877. The van der Waals surface area contributed by atoms with E-state index in [1.165, 1.54) is 5.56 Å². The molecule has 0 bridgehead atoms. The molecule has 1 amide bonds. The topological polar surface area (TPSA) is 35.6 Å². The molecular weight excluding hydrogens is 274 g/mol. The van der Waals surface area contributed by atoms with Crippen molar-refractivity contribution in [3.05, 3.63) is 29.3 Å². The average molecular weight is 303 g/mol. The molecule has 1 aliphatic heterocycles. The van der Waals surface area contributed by atoms with Gasteiger partial charge >= 0.3 is 0 Å². The Kier molecular flexibility index (Phi) is 5.83. The van der Waals surface area contributed by atoms with Gasteiger partial charge in [-0.2, -0.15) is 0 Å². The first-order valence-corrected chi connectivity index (χ1v) is 8.28. The third-order valence-electron chi connectivity index (χ3n) is 4.02. The number of amides is 1. The van der Waals surface area contributed by atoms with E-state index < -0.39 is 0 Å². The molecule has 2 rings (SSSR count). The number of rotatable bonds is 6. The molecule has 0 spiro atoms. The minimum atomic E-state index is 0.177. The summed E-state index contributed by atoms with van der Waals surface area (Å²) in [6, 6.07) is 6.05. The second-order valence-corrected chi connectivity index (χ2v) is 6.81. The molecule has 0 aromatic heterocycles. The molecule has 22 heavy (non-hydrogen) atoms. The molecule has 4 nitrogen and oxygen atoms in total. The molecule has 0 saturated heterocycles. The Hall–Kier alpha value is -1.55. The normalized spacial score (nSPS) is 13.9. The van der Waals surface area contributed by atoms with Crippen LogP contribution >= 0.6 is 0 Å². The van der Waals surface area contributed by atoms with E-state index >= 15 is 0 Å². The van der Waals surface area contributed by atoms with Crippen LogP contribution in [0.15, 0.2) is 18.2 Å². The molecule has 4 heteroatoms. The molecule has 1 aromatic carbocycles. The third kappa shape index (κ3) is 4.23. The van der Waals surface area contributed by atoms with Crippen LogP contribution in [-0.2, 0) is 6.42 Å². The Morgan fingerprint density at radius 3 is 2.73 bits per heavy atom. The molecule has 0 aliphatic carbocycles. The zero-order chi connectivity index (χ0) is 16.1. The van der Waals surface area contributed by atoms with Crippen molar-refractivity contribution < 1.29 is 4.79 Å². The first-order chi connectivity index (χ1) is 10.5. The summed E-state index contributed by atoms with van der Waals surface area (Å²) in [5.74, 6) is 0.653. The third-order valence-corrected chi connectivity index (χ3v) is 4.02. The smallest absolute Gasteiger partial charge is 0.254 e. The number of nitrogens with one attached hydrogen (secondary N) is 1. The molecule has 0 atom stereocenters. The summed E-state index contributed by atoms with van der Waals surface area (Å²) in [7, 11) is 4.10. The van der Waals surface area contributed by atoms with Crippen molar-refractivity contribution in [3.63, 3.8) is 0 Å². The minimum Gasteiger partial charge on any atom is -0.385 e. The molecular formula is C18H29N3O. The first-order valence-electron chi connectivity index (χ1n) is 8.28. The van der Waals surface area contributed by atoms with E-state index in [4.69, 9.17) is 0 Å². The van der Waals surface area contributed by atoms with Crippen LogP contribution in [0.3, 0.4) is 0 Å². The number of benzene rings is 1. The summed E-state index contributed by atoms with van der Waals surface area (Å²) < 4.78 is 0. The van der Waals surface area contributed by atoms with Crippen molar-refractivity contribution in [3.8, 4) is 0 Å². The van der Waals surface area contributed by atoms with E-state index in [-0.39, 0.29) is 5.91 Å². The van der Waals surface area contributed by atoms with Crippen LogP contribution in [0.1, 0.15) is 36.2 Å². The fourth-order valence-corrected chi connectivity index (χ4v) is 2.92. The molecule has 122 valence electrons. The van der Waals surface area contributed by atoms with Gasteiger partial charge in [-0.15, -0.1) is 0 Å². The SMILES string of the molecule is CC(C)CN(CCN(C)C)C(=O)c1cccc2c1CCCN2. The summed E-state index contributed by atoms with van der Waals surface area (Å²) in [4.78, 5) is 17.2. The maximum absolute atomic E-state index is 13.0. The maximum Gasteiger partial charge on any atom is 0.254 e. The minimum absolute atomic E-state index is 0.177. The summed E-state index contributed by atoms with van der Waals surface area (Å²) >= 11 is 0. The van der Waals surface area contributed by atoms with Crippen LogP contribution in [-0.4, -0.2) is 56.0 Å². The number of carbonyl (C=O) groups excluding carboxylic acids is 1. The lowest BCUT2D eigenvalue weighted by molar-refractivity contribution is 0.0723. The zero-order valence-electron chi connectivity index (χ0n) is 14.4. The lowest BCUT2D eigenvalue weighted by atomic mass is 9.96. The highest BCUT2D eigenvalue weighted by molar-refractivity contribution is 5.97. The van der Waals surface area contributed by atoms with Crippen molar-refractivity contribution in [1.82, 2.24) is 9.80 Å². The van der Waals surface area contributed by atoms with Gasteiger partial charge < -0.3 is 15.1 Å². The number of anilines is 1. The van der Waals surface area contributed by atoms with Crippen LogP contribution in [0.4, 0.5) is 5.69 Å². The number of carbonyl (C=O) groups is 1. The Bertz CT molecular complexity index is 511. The number of likely N-dealkylation sites (N-methyl/N-ethyl adjacent to an activating group) is 1. The van der Waals surface area contributed by atoms with Crippen molar-refractivity contribution in [2.45, 2.75) is 26.7 Å². The Labute approximate surface area is 134 Å². The van der Waals surface area contributed by atoms with Gasteiger partial charge in [-0.05, 0) is 50.6 Å². The maximum atomic E-state index is 13.0. The fraction of sp³-hybridized carbons (Fsp3) is 0.611. The first kappa shape index (κ1) is 16.8. The van der Waals surface area contributed by atoms with Gasteiger partial charge in [-0.3, -0.25) is 4.79 Å². The van der Waals surface area contributed by atoms with E-state index in [9.17, 15) is 4.79 Å². The number of fused-ring (bicyclic) bond motifs is 1. The molecule has 1 N–H and O–H groups in total. The van der Waals surface area contributed by atoms with Gasteiger partial charge in [0.1, 0.15) is 0 Å². The predicted molar refractivity (Wildman–Crippen MR) is 92.5 cm³/mol. The molecule has 0 radical (unpaired) electrons. The monoisotopic (exact) mass is 303 g/mol.